The van der Waals surface area contributed by atoms with Crippen LogP contribution in [0.25, 0.3) is 11.1 Å². The predicted octanol–water partition coefficient (Wildman–Crippen LogP) is 4.34. The Balaban J connectivity index is 2.30. The average molecular weight is 282 g/mol. The van der Waals surface area contributed by atoms with E-state index in [4.69, 9.17) is 11.2 Å². The van der Waals surface area contributed by atoms with Crippen LogP contribution in [0.5, 0.6) is 5.75 Å². The van der Waals surface area contributed by atoms with Crippen molar-refractivity contribution in [2.45, 2.75) is 6.18 Å². The van der Waals surface area contributed by atoms with Gasteiger partial charge in [-0.3, -0.25) is 0 Å². The molecule has 19 heavy (non-hydrogen) atoms. The first-order valence-electron chi connectivity index (χ1n) is 5.32. The first-order valence-corrected chi connectivity index (χ1v) is 6.26. The second kappa shape index (κ2) is 5.37. The third-order valence-corrected chi connectivity index (χ3v) is 3.06. The van der Waals surface area contributed by atoms with E-state index in [-0.39, 0.29) is 5.75 Å². The Bertz CT molecular complexity index is 594. The van der Waals surface area contributed by atoms with Gasteiger partial charge in [-0.25, -0.2) is 0 Å². The quantitative estimate of drug-likeness (QED) is 0.761. The lowest BCUT2D eigenvalue weighted by molar-refractivity contribution is -0.153. The van der Waals surface area contributed by atoms with Crippen LogP contribution in [-0.2, 0) is 0 Å². The molecule has 5 heteroatoms. The van der Waals surface area contributed by atoms with Crippen LogP contribution in [0.2, 0.25) is 0 Å². The summed E-state index contributed by atoms with van der Waals surface area (Å²) in [5.41, 5.74) is 2.19. The Morgan fingerprint density at radius 2 is 2.05 bits per heavy atom. The van der Waals surface area contributed by atoms with Gasteiger partial charge in [-0.15, -0.1) is 6.42 Å². The molecule has 1 nitrogen and oxygen atoms in total. The van der Waals surface area contributed by atoms with Crippen molar-refractivity contribution in [1.29, 1.82) is 0 Å². The molecule has 0 spiro atoms. The summed E-state index contributed by atoms with van der Waals surface area (Å²) in [4.78, 5) is 0. The molecule has 1 aromatic heterocycles. The van der Waals surface area contributed by atoms with Crippen molar-refractivity contribution in [2.24, 2.45) is 0 Å². The van der Waals surface area contributed by atoms with Crippen LogP contribution in [-0.4, -0.2) is 12.8 Å². The summed E-state index contributed by atoms with van der Waals surface area (Å²) in [7, 11) is 0. The van der Waals surface area contributed by atoms with Crippen molar-refractivity contribution in [3.8, 4) is 29.2 Å². The maximum Gasteiger partial charge on any atom is 0.422 e. The molecule has 1 heterocycles. The topological polar surface area (TPSA) is 9.23 Å². The fourth-order valence-corrected chi connectivity index (χ4v) is 2.22. The second-order valence-electron chi connectivity index (χ2n) is 3.77. The van der Waals surface area contributed by atoms with Crippen LogP contribution < -0.4 is 4.74 Å². The van der Waals surface area contributed by atoms with Gasteiger partial charge in [-0.2, -0.15) is 24.5 Å². The Hall–Kier alpha value is -1.93. The highest BCUT2D eigenvalue weighted by molar-refractivity contribution is 7.08. The number of ether oxygens (including phenoxy) is 1. The van der Waals surface area contributed by atoms with Crippen molar-refractivity contribution >= 4 is 11.3 Å². The minimum atomic E-state index is -4.35. The van der Waals surface area contributed by atoms with Crippen molar-refractivity contribution in [1.82, 2.24) is 0 Å². The second-order valence-corrected chi connectivity index (χ2v) is 4.55. The minimum absolute atomic E-state index is 0.150. The van der Waals surface area contributed by atoms with E-state index in [0.29, 0.717) is 11.1 Å². The molecule has 0 amide bonds. The van der Waals surface area contributed by atoms with Gasteiger partial charge in [0, 0.05) is 11.1 Å². The van der Waals surface area contributed by atoms with Crippen molar-refractivity contribution in [3.05, 3.63) is 40.6 Å². The van der Waals surface area contributed by atoms with E-state index in [1.807, 2.05) is 16.8 Å². The number of rotatable bonds is 3. The first-order chi connectivity index (χ1) is 8.99. The Morgan fingerprint density at radius 3 is 2.63 bits per heavy atom. The molecule has 0 saturated carbocycles. The highest BCUT2D eigenvalue weighted by Gasteiger charge is 2.28. The number of terminal acetylenes is 1. The minimum Gasteiger partial charge on any atom is -0.484 e. The lowest BCUT2D eigenvalue weighted by atomic mass is 10.0. The summed E-state index contributed by atoms with van der Waals surface area (Å²) in [6.07, 6.45) is 1.03. The predicted molar refractivity (Wildman–Crippen MR) is 69.2 cm³/mol. The molecular formula is C14H9F3OS. The van der Waals surface area contributed by atoms with Crippen molar-refractivity contribution in [2.75, 3.05) is 6.61 Å². The normalized spacial score (nSPS) is 11.1. The molecule has 0 bridgehead atoms. The van der Waals surface area contributed by atoms with E-state index in [1.54, 1.807) is 6.07 Å². The molecule has 2 rings (SSSR count). The van der Waals surface area contributed by atoms with E-state index in [9.17, 15) is 13.2 Å². The molecule has 98 valence electrons. The molecule has 2 aromatic rings. The molecule has 0 saturated heterocycles. The van der Waals surface area contributed by atoms with E-state index in [0.717, 1.165) is 5.56 Å². The van der Waals surface area contributed by atoms with Gasteiger partial charge in [0.05, 0.1) is 0 Å². The Morgan fingerprint density at radius 1 is 1.26 bits per heavy atom. The van der Waals surface area contributed by atoms with Crippen LogP contribution in [0.3, 0.4) is 0 Å². The molecular weight excluding hydrogens is 273 g/mol. The Kier molecular flexibility index (Phi) is 3.82. The zero-order valence-electron chi connectivity index (χ0n) is 9.70. The summed E-state index contributed by atoms with van der Waals surface area (Å²) in [5, 5.41) is 3.75. The number of benzene rings is 1. The molecule has 0 fully saturated rings. The van der Waals surface area contributed by atoms with Crippen LogP contribution in [0, 0.1) is 12.3 Å². The monoisotopic (exact) mass is 282 g/mol. The maximum absolute atomic E-state index is 12.1. The lowest BCUT2D eigenvalue weighted by Crippen LogP contribution is -2.19. The van der Waals surface area contributed by atoms with E-state index >= 15 is 0 Å². The van der Waals surface area contributed by atoms with E-state index < -0.39 is 12.8 Å². The van der Waals surface area contributed by atoms with Gasteiger partial charge in [-0.1, -0.05) is 5.92 Å². The fraction of sp³-hybridized carbons (Fsp3) is 0.143. The van der Waals surface area contributed by atoms with Gasteiger partial charge < -0.3 is 4.74 Å². The van der Waals surface area contributed by atoms with Gasteiger partial charge in [0.1, 0.15) is 5.75 Å². The number of hydrogen-bond acceptors (Lipinski definition) is 2. The number of halogens is 3. The average Bonchev–Trinajstić information content (AvgIpc) is 2.89. The molecule has 0 unspecified atom stereocenters. The number of hydrogen-bond donors (Lipinski definition) is 0. The molecule has 0 aliphatic heterocycles. The zero-order chi connectivity index (χ0) is 13.9. The van der Waals surface area contributed by atoms with Crippen molar-refractivity contribution < 1.29 is 17.9 Å². The van der Waals surface area contributed by atoms with Gasteiger partial charge in [-0.05, 0) is 40.6 Å². The van der Waals surface area contributed by atoms with Gasteiger partial charge in [0.15, 0.2) is 6.61 Å². The third-order valence-electron chi connectivity index (χ3n) is 2.38. The van der Waals surface area contributed by atoms with Gasteiger partial charge in [0.25, 0.3) is 0 Å². The molecule has 0 aliphatic rings. The summed E-state index contributed by atoms with van der Waals surface area (Å²) in [6, 6.07) is 6.41. The van der Waals surface area contributed by atoms with Gasteiger partial charge in [0.2, 0.25) is 0 Å². The molecule has 0 atom stereocenters. The molecule has 0 aliphatic carbocycles. The SMILES string of the molecule is C#Cc1ccc(OCC(F)(F)F)cc1-c1ccsc1. The Labute approximate surface area is 112 Å². The fourth-order valence-electron chi connectivity index (χ4n) is 1.56. The van der Waals surface area contributed by atoms with Crippen molar-refractivity contribution in [3.63, 3.8) is 0 Å². The third kappa shape index (κ3) is 3.52. The summed E-state index contributed by atoms with van der Waals surface area (Å²) >= 11 is 1.49. The number of thiophene rings is 1. The van der Waals surface area contributed by atoms with E-state index in [1.165, 1.54) is 23.5 Å². The zero-order valence-corrected chi connectivity index (χ0v) is 10.5. The highest BCUT2D eigenvalue weighted by atomic mass is 32.1. The van der Waals surface area contributed by atoms with Crippen LogP contribution in [0.1, 0.15) is 5.56 Å². The van der Waals surface area contributed by atoms with Crippen LogP contribution in [0.15, 0.2) is 35.0 Å². The molecule has 0 radical (unpaired) electrons. The van der Waals surface area contributed by atoms with Crippen LogP contribution in [0.4, 0.5) is 13.2 Å². The summed E-state index contributed by atoms with van der Waals surface area (Å²) in [6.45, 7) is -1.31. The standard InChI is InChI=1S/C14H9F3OS/c1-2-10-3-4-12(18-9-14(15,16)17)7-13(10)11-5-6-19-8-11/h1,3-8H,9H2. The highest BCUT2D eigenvalue weighted by Crippen LogP contribution is 2.30. The van der Waals surface area contributed by atoms with Crippen LogP contribution >= 0.6 is 11.3 Å². The first kappa shape index (κ1) is 13.5. The summed E-state index contributed by atoms with van der Waals surface area (Å²) < 4.78 is 41.0. The maximum atomic E-state index is 12.1. The lowest BCUT2D eigenvalue weighted by Gasteiger charge is -2.11. The molecule has 1 aromatic carbocycles. The van der Waals surface area contributed by atoms with Gasteiger partial charge >= 0.3 is 6.18 Å². The molecule has 0 N–H and O–H groups in total. The smallest absolute Gasteiger partial charge is 0.422 e. The van der Waals surface area contributed by atoms with E-state index in [2.05, 4.69) is 5.92 Å². The number of alkyl halides is 3. The largest absolute Gasteiger partial charge is 0.484 e. The summed E-state index contributed by atoms with van der Waals surface area (Å²) in [5.74, 6) is 2.66.